The van der Waals surface area contributed by atoms with E-state index < -0.39 is 12.6 Å². The van der Waals surface area contributed by atoms with Gasteiger partial charge in [-0.15, -0.1) is 0 Å². The first-order chi connectivity index (χ1) is 14.3. The molecule has 0 unspecified atom stereocenters. The second kappa shape index (κ2) is 9.14. The molecule has 1 amide bonds. The number of halogens is 1. The standard InChI is InChI=1S/C20H17BrN2O6S/c1-27-13-5-3-12(4-6-13)23-19(26)15(22-20(23)30)7-11-8-16(28-2)17(9-14(11)21)29-10-18(24)25/h3-9H,10H2,1-2H3,(H,22,30)(H,24,25)/b15-7+. The van der Waals surface area contributed by atoms with Crippen molar-refractivity contribution in [3.8, 4) is 17.2 Å². The predicted octanol–water partition coefficient (Wildman–Crippen LogP) is 3.19. The van der Waals surface area contributed by atoms with Gasteiger partial charge in [-0.25, -0.2) is 4.79 Å². The third kappa shape index (κ3) is 4.55. The molecule has 2 aromatic carbocycles. The van der Waals surface area contributed by atoms with E-state index in [2.05, 4.69) is 21.2 Å². The second-order valence-electron chi connectivity index (χ2n) is 6.03. The fourth-order valence-electron chi connectivity index (χ4n) is 2.73. The molecule has 1 aliphatic rings. The monoisotopic (exact) mass is 492 g/mol. The number of amides is 1. The molecule has 156 valence electrons. The molecule has 30 heavy (non-hydrogen) atoms. The van der Waals surface area contributed by atoms with Gasteiger partial charge in [0, 0.05) is 4.47 Å². The van der Waals surface area contributed by atoms with Crippen molar-refractivity contribution < 1.29 is 28.9 Å². The van der Waals surface area contributed by atoms with Crippen molar-refractivity contribution in [3.63, 3.8) is 0 Å². The fraction of sp³-hybridized carbons (Fsp3) is 0.150. The molecule has 0 atom stereocenters. The summed E-state index contributed by atoms with van der Waals surface area (Å²) >= 11 is 8.73. The summed E-state index contributed by atoms with van der Waals surface area (Å²) < 4.78 is 16.2. The second-order valence-corrected chi connectivity index (χ2v) is 7.27. The van der Waals surface area contributed by atoms with Crippen LogP contribution in [0.2, 0.25) is 0 Å². The van der Waals surface area contributed by atoms with Gasteiger partial charge in [-0.05, 0) is 60.3 Å². The average molecular weight is 493 g/mol. The van der Waals surface area contributed by atoms with Crippen LogP contribution in [0.5, 0.6) is 17.2 Å². The van der Waals surface area contributed by atoms with Gasteiger partial charge in [-0.2, -0.15) is 0 Å². The molecule has 1 aliphatic heterocycles. The number of hydrogen-bond donors (Lipinski definition) is 2. The first-order valence-corrected chi connectivity index (χ1v) is 9.77. The lowest BCUT2D eigenvalue weighted by Gasteiger charge is -2.14. The summed E-state index contributed by atoms with van der Waals surface area (Å²) in [4.78, 5) is 25.1. The molecule has 0 bridgehead atoms. The van der Waals surface area contributed by atoms with E-state index in [0.717, 1.165) is 0 Å². The van der Waals surface area contributed by atoms with Crippen molar-refractivity contribution in [1.29, 1.82) is 0 Å². The number of carboxylic acids is 1. The van der Waals surface area contributed by atoms with Crippen LogP contribution in [0.3, 0.4) is 0 Å². The number of nitrogens with zero attached hydrogens (tertiary/aromatic N) is 1. The van der Waals surface area contributed by atoms with Crippen LogP contribution in [-0.4, -0.2) is 42.9 Å². The minimum absolute atomic E-state index is 0.251. The Bertz CT molecular complexity index is 1040. The number of nitrogens with one attached hydrogen (secondary N) is 1. The number of aliphatic carboxylic acids is 1. The van der Waals surface area contributed by atoms with Crippen molar-refractivity contribution in [2.75, 3.05) is 25.7 Å². The molecule has 0 aliphatic carbocycles. The van der Waals surface area contributed by atoms with Crippen LogP contribution < -0.4 is 24.4 Å². The number of carbonyl (C=O) groups excluding carboxylic acids is 1. The molecule has 2 aromatic rings. The van der Waals surface area contributed by atoms with Crippen LogP contribution >= 0.6 is 28.1 Å². The van der Waals surface area contributed by atoms with E-state index in [4.69, 9.17) is 31.5 Å². The molecule has 0 saturated carbocycles. The van der Waals surface area contributed by atoms with E-state index in [1.54, 1.807) is 49.6 Å². The number of thiocarbonyl (C=S) groups is 1. The Balaban J connectivity index is 1.90. The number of rotatable bonds is 7. The number of carbonyl (C=O) groups is 2. The quantitative estimate of drug-likeness (QED) is 0.449. The number of methoxy groups -OCH3 is 2. The van der Waals surface area contributed by atoms with Gasteiger partial charge in [0.15, 0.2) is 23.2 Å². The van der Waals surface area contributed by atoms with Gasteiger partial charge in [-0.3, -0.25) is 9.69 Å². The summed E-state index contributed by atoms with van der Waals surface area (Å²) in [5, 5.41) is 12.0. The predicted molar refractivity (Wildman–Crippen MR) is 118 cm³/mol. The highest BCUT2D eigenvalue weighted by Crippen LogP contribution is 2.35. The van der Waals surface area contributed by atoms with E-state index in [1.165, 1.54) is 12.0 Å². The smallest absolute Gasteiger partial charge is 0.341 e. The van der Waals surface area contributed by atoms with Crippen molar-refractivity contribution >= 4 is 56.9 Å². The minimum Gasteiger partial charge on any atom is -0.497 e. The van der Waals surface area contributed by atoms with Crippen LogP contribution in [0.4, 0.5) is 5.69 Å². The summed E-state index contributed by atoms with van der Waals surface area (Å²) in [6, 6.07) is 10.2. The zero-order valence-corrected chi connectivity index (χ0v) is 18.4. The van der Waals surface area contributed by atoms with Crippen LogP contribution in [0, 0.1) is 0 Å². The third-order valence-electron chi connectivity index (χ3n) is 4.14. The molecule has 1 saturated heterocycles. The van der Waals surface area contributed by atoms with E-state index in [1.807, 2.05) is 0 Å². The Morgan fingerprint density at radius 3 is 2.50 bits per heavy atom. The molecule has 0 spiro atoms. The summed E-state index contributed by atoms with van der Waals surface area (Å²) in [6.07, 6.45) is 1.62. The first-order valence-electron chi connectivity index (χ1n) is 8.57. The molecule has 8 nitrogen and oxygen atoms in total. The number of carboxylic acid groups (broad SMARTS) is 1. The molecule has 10 heteroatoms. The lowest BCUT2D eigenvalue weighted by molar-refractivity contribution is -0.139. The zero-order chi connectivity index (χ0) is 21.8. The van der Waals surface area contributed by atoms with Gasteiger partial charge in [0.1, 0.15) is 11.4 Å². The largest absolute Gasteiger partial charge is 0.497 e. The van der Waals surface area contributed by atoms with Crippen molar-refractivity contribution in [1.82, 2.24) is 5.32 Å². The van der Waals surface area contributed by atoms with Gasteiger partial charge < -0.3 is 24.6 Å². The summed E-state index contributed by atoms with van der Waals surface area (Å²) in [5.74, 6) is -0.169. The molecule has 3 rings (SSSR count). The normalized spacial score (nSPS) is 14.6. The van der Waals surface area contributed by atoms with Crippen molar-refractivity contribution in [3.05, 3.63) is 52.1 Å². The van der Waals surface area contributed by atoms with Crippen LogP contribution in [0.25, 0.3) is 6.08 Å². The SMILES string of the molecule is COc1ccc(N2C(=O)/C(=C\c3cc(OC)c(OCC(=O)O)cc3Br)NC2=S)cc1. The topological polar surface area (TPSA) is 97.3 Å². The number of hydrogen-bond acceptors (Lipinski definition) is 6. The van der Waals surface area contributed by atoms with E-state index in [0.29, 0.717) is 27.2 Å². The Morgan fingerprint density at radius 2 is 1.90 bits per heavy atom. The average Bonchev–Trinajstić information content (AvgIpc) is 3.01. The Hall–Kier alpha value is -3.11. The molecule has 1 fully saturated rings. The number of anilines is 1. The van der Waals surface area contributed by atoms with Gasteiger partial charge in [0.05, 0.1) is 19.9 Å². The number of ether oxygens (including phenoxy) is 3. The molecular weight excluding hydrogens is 476 g/mol. The molecule has 0 radical (unpaired) electrons. The van der Waals surface area contributed by atoms with E-state index >= 15 is 0 Å². The van der Waals surface area contributed by atoms with Gasteiger partial charge in [0.25, 0.3) is 5.91 Å². The van der Waals surface area contributed by atoms with Gasteiger partial charge >= 0.3 is 5.97 Å². The Labute approximate surface area is 186 Å². The van der Waals surface area contributed by atoms with E-state index in [9.17, 15) is 9.59 Å². The Kier molecular flexibility index (Phi) is 6.58. The minimum atomic E-state index is -1.10. The highest BCUT2D eigenvalue weighted by molar-refractivity contribution is 9.10. The third-order valence-corrected chi connectivity index (χ3v) is 5.11. The van der Waals surface area contributed by atoms with E-state index in [-0.39, 0.29) is 22.5 Å². The van der Waals surface area contributed by atoms with Crippen molar-refractivity contribution in [2.24, 2.45) is 0 Å². The first kappa shape index (κ1) is 21.6. The zero-order valence-electron chi connectivity index (χ0n) is 16.0. The van der Waals surface area contributed by atoms with Gasteiger partial charge in [0.2, 0.25) is 0 Å². The maximum Gasteiger partial charge on any atom is 0.341 e. The molecule has 2 N–H and O–H groups in total. The van der Waals surface area contributed by atoms with Crippen LogP contribution in [0.15, 0.2) is 46.6 Å². The highest BCUT2D eigenvalue weighted by Gasteiger charge is 2.32. The highest BCUT2D eigenvalue weighted by atomic mass is 79.9. The molecule has 1 heterocycles. The number of benzene rings is 2. The summed E-state index contributed by atoms with van der Waals surface area (Å²) in [7, 11) is 3.00. The lowest BCUT2D eigenvalue weighted by atomic mass is 10.1. The fourth-order valence-corrected chi connectivity index (χ4v) is 3.46. The van der Waals surface area contributed by atoms with Crippen LogP contribution in [0.1, 0.15) is 5.56 Å². The maximum absolute atomic E-state index is 12.9. The maximum atomic E-state index is 12.9. The summed E-state index contributed by atoms with van der Waals surface area (Å²) in [5.41, 5.74) is 1.50. The summed E-state index contributed by atoms with van der Waals surface area (Å²) in [6.45, 7) is -0.506. The lowest BCUT2D eigenvalue weighted by Crippen LogP contribution is -2.30. The molecular formula is C20H17BrN2O6S. The Morgan fingerprint density at radius 1 is 1.20 bits per heavy atom. The van der Waals surface area contributed by atoms with Gasteiger partial charge in [-0.1, -0.05) is 15.9 Å². The van der Waals surface area contributed by atoms with Crippen LogP contribution in [-0.2, 0) is 9.59 Å². The van der Waals surface area contributed by atoms with Crippen molar-refractivity contribution in [2.45, 2.75) is 0 Å². The molecule has 0 aromatic heterocycles.